The van der Waals surface area contributed by atoms with Crippen molar-refractivity contribution in [3.8, 4) is 33.8 Å². The first-order valence-electron chi connectivity index (χ1n) is 12.5. The molecule has 3 aromatic heterocycles. The summed E-state index contributed by atoms with van der Waals surface area (Å²) in [7, 11) is 0. The van der Waals surface area contributed by atoms with Crippen molar-refractivity contribution in [1.29, 1.82) is 0 Å². The number of nitrogens with zero attached hydrogens (tertiary/aromatic N) is 6. The fourth-order valence-electron chi connectivity index (χ4n) is 5.85. The van der Waals surface area contributed by atoms with Crippen molar-refractivity contribution < 1.29 is 9.53 Å². The van der Waals surface area contributed by atoms with E-state index in [9.17, 15) is 9.59 Å². The number of carbonyl (C=O) groups is 1. The van der Waals surface area contributed by atoms with Crippen LogP contribution in [0, 0.1) is 5.92 Å². The van der Waals surface area contributed by atoms with Gasteiger partial charge in [0.25, 0.3) is 11.5 Å². The number of hydrogen-bond acceptors (Lipinski definition) is 7. The van der Waals surface area contributed by atoms with E-state index in [-0.39, 0.29) is 30.0 Å². The van der Waals surface area contributed by atoms with Crippen LogP contribution in [-0.4, -0.2) is 47.3 Å². The third-order valence-electron chi connectivity index (χ3n) is 7.67. The fourth-order valence-corrected chi connectivity index (χ4v) is 6.02. The second kappa shape index (κ2) is 8.11. The Morgan fingerprint density at radius 1 is 1.05 bits per heavy atom. The highest BCUT2D eigenvalue weighted by molar-refractivity contribution is 6.31. The number of rotatable bonds is 4. The van der Waals surface area contributed by atoms with Gasteiger partial charge in [-0.15, -0.1) is 5.10 Å². The lowest BCUT2D eigenvalue weighted by atomic mass is 10.0. The van der Waals surface area contributed by atoms with Crippen LogP contribution >= 0.6 is 11.6 Å². The van der Waals surface area contributed by atoms with Gasteiger partial charge in [0.1, 0.15) is 17.9 Å². The van der Waals surface area contributed by atoms with Crippen molar-refractivity contribution in [3.05, 3.63) is 87.9 Å². The minimum Gasteiger partial charge on any atom is -0.482 e. The molecule has 192 valence electrons. The molecule has 2 aromatic carbocycles. The Balaban J connectivity index is 1.17. The van der Waals surface area contributed by atoms with Crippen molar-refractivity contribution in [2.24, 2.45) is 5.92 Å². The number of aromatic amines is 1. The van der Waals surface area contributed by atoms with Gasteiger partial charge in [-0.05, 0) is 64.7 Å². The van der Waals surface area contributed by atoms with Crippen molar-refractivity contribution >= 4 is 23.2 Å². The zero-order chi connectivity index (χ0) is 26.2. The number of halogens is 1. The Hall–Kier alpha value is -4.77. The molecule has 8 rings (SSSR count). The summed E-state index contributed by atoms with van der Waals surface area (Å²) in [4.78, 5) is 33.3. The van der Waals surface area contributed by atoms with E-state index >= 15 is 0 Å². The molecule has 1 amide bonds. The summed E-state index contributed by atoms with van der Waals surface area (Å²) < 4.78 is 8.98. The molecule has 0 spiro atoms. The molecule has 5 aromatic rings. The molecule has 5 heterocycles. The van der Waals surface area contributed by atoms with Gasteiger partial charge in [-0.1, -0.05) is 17.7 Å². The largest absolute Gasteiger partial charge is 0.482 e. The van der Waals surface area contributed by atoms with Gasteiger partial charge in [0.15, 0.2) is 6.61 Å². The van der Waals surface area contributed by atoms with Crippen LogP contribution in [0.15, 0.2) is 65.8 Å². The van der Waals surface area contributed by atoms with Crippen LogP contribution in [0.2, 0.25) is 5.02 Å². The van der Waals surface area contributed by atoms with Gasteiger partial charge in [-0.2, -0.15) is 4.68 Å². The van der Waals surface area contributed by atoms with Gasteiger partial charge in [-0.25, -0.2) is 4.98 Å². The normalized spacial score (nSPS) is 20.5. The summed E-state index contributed by atoms with van der Waals surface area (Å²) >= 11 is 6.34. The van der Waals surface area contributed by atoms with Crippen molar-refractivity contribution in [1.82, 2.24) is 34.7 Å². The van der Waals surface area contributed by atoms with Gasteiger partial charge in [0.2, 0.25) is 0 Å². The number of fused-ring (bicyclic) bond motifs is 4. The topological polar surface area (TPSA) is 133 Å². The molecule has 2 N–H and O–H groups in total. The maximum Gasteiger partial charge on any atom is 0.262 e. The van der Waals surface area contributed by atoms with Crippen LogP contribution < -0.4 is 15.6 Å². The van der Waals surface area contributed by atoms with E-state index in [4.69, 9.17) is 16.3 Å². The van der Waals surface area contributed by atoms with Crippen molar-refractivity contribution in [2.75, 3.05) is 11.9 Å². The summed E-state index contributed by atoms with van der Waals surface area (Å²) in [5, 5.41) is 14.9. The number of tetrazole rings is 1. The highest BCUT2D eigenvalue weighted by atomic mass is 35.5. The number of benzene rings is 2. The van der Waals surface area contributed by atoms with E-state index in [1.807, 2.05) is 34.9 Å². The first kappa shape index (κ1) is 22.2. The predicted octanol–water partition coefficient (Wildman–Crippen LogP) is 3.57. The number of imidazole rings is 1. The van der Waals surface area contributed by atoms with Crippen LogP contribution in [0.4, 0.5) is 5.69 Å². The highest BCUT2D eigenvalue weighted by Crippen LogP contribution is 2.60. The quantitative estimate of drug-likeness (QED) is 0.357. The monoisotopic (exact) mass is 538 g/mol. The maximum absolute atomic E-state index is 13.6. The lowest BCUT2D eigenvalue weighted by molar-refractivity contribution is -0.118. The van der Waals surface area contributed by atoms with E-state index in [1.165, 1.54) is 6.33 Å². The molecular formula is C27H19ClN8O3. The van der Waals surface area contributed by atoms with Gasteiger partial charge < -0.3 is 19.6 Å². The summed E-state index contributed by atoms with van der Waals surface area (Å²) in [5.41, 5.74) is 5.52. The molecule has 1 saturated carbocycles. The predicted molar refractivity (Wildman–Crippen MR) is 141 cm³/mol. The Morgan fingerprint density at radius 2 is 1.97 bits per heavy atom. The average Bonchev–Trinajstić information content (AvgIpc) is 3.28. The lowest BCUT2D eigenvalue weighted by Crippen LogP contribution is -2.26. The van der Waals surface area contributed by atoms with E-state index in [0.29, 0.717) is 22.4 Å². The van der Waals surface area contributed by atoms with Gasteiger partial charge in [0.05, 0.1) is 29.3 Å². The second-order valence-corrected chi connectivity index (χ2v) is 10.4. The Bertz CT molecular complexity index is 1860. The summed E-state index contributed by atoms with van der Waals surface area (Å²) in [6, 6.07) is 14.6. The fraction of sp³-hybridized carbons (Fsp3) is 0.185. The highest BCUT2D eigenvalue weighted by Gasteiger charge is 2.54. The molecule has 11 nitrogen and oxygen atoms in total. The molecule has 12 heteroatoms. The van der Waals surface area contributed by atoms with Crippen molar-refractivity contribution in [3.63, 3.8) is 0 Å². The third kappa shape index (κ3) is 3.50. The van der Waals surface area contributed by atoms with Crippen LogP contribution in [0.3, 0.4) is 0 Å². The SMILES string of the molecule is O=C1COc2cc(-c3cnc([C@@H]4[C@H]5C[C@H]5c5cc(-c6cc(Cl)ccc6-n6cnnn6)cc(=O)n54)[nH]3)ccc2N1. The molecule has 0 bridgehead atoms. The van der Waals surface area contributed by atoms with E-state index in [0.717, 1.165) is 46.0 Å². The molecule has 3 atom stereocenters. The van der Waals surface area contributed by atoms with E-state index < -0.39 is 0 Å². The number of pyridine rings is 1. The summed E-state index contributed by atoms with van der Waals surface area (Å²) in [6.07, 6.45) is 4.28. The average molecular weight is 539 g/mol. The molecule has 1 fully saturated rings. The van der Waals surface area contributed by atoms with Crippen molar-refractivity contribution in [2.45, 2.75) is 18.4 Å². The number of anilines is 1. The summed E-state index contributed by atoms with van der Waals surface area (Å²) in [6.45, 7) is -0.0100. The molecule has 3 aliphatic rings. The molecule has 0 unspecified atom stereocenters. The van der Waals surface area contributed by atoms with Crippen LogP contribution in [0.5, 0.6) is 5.75 Å². The standard InChI is InChI=1S/C27H19ClN8O3/c28-15-2-4-21(35-12-30-33-34-35)16(8-15)14-5-22-17-9-18(17)26(36(22)25(38)7-14)27-29-10-20(32-27)13-1-3-19-23(6-13)39-11-24(37)31-19/h1-8,10,12,17-18,26H,9,11H2,(H,29,32)(H,31,37)/t17-,18+,26+/m1/s1. The molecular weight excluding hydrogens is 520 g/mol. The first-order valence-corrected chi connectivity index (χ1v) is 12.8. The number of hydrogen-bond donors (Lipinski definition) is 2. The summed E-state index contributed by atoms with van der Waals surface area (Å²) in [5.74, 6) is 1.77. The number of nitrogens with one attached hydrogen (secondary N) is 2. The van der Waals surface area contributed by atoms with E-state index in [2.05, 4.69) is 36.9 Å². The molecule has 1 aliphatic carbocycles. The molecule has 0 radical (unpaired) electrons. The van der Waals surface area contributed by atoms with Crippen LogP contribution in [0.1, 0.15) is 29.9 Å². The lowest BCUT2D eigenvalue weighted by Gasteiger charge is -2.18. The second-order valence-electron chi connectivity index (χ2n) is 9.97. The Morgan fingerprint density at radius 3 is 2.85 bits per heavy atom. The minimum absolute atomic E-state index is 0.0100. The number of aromatic nitrogens is 7. The zero-order valence-corrected chi connectivity index (χ0v) is 21.0. The smallest absolute Gasteiger partial charge is 0.262 e. The van der Waals surface area contributed by atoms with Crippen LogP contribution in [0.25, 0.3) is 28.1 Å². The number of amides is 1. The Kier molecular flexibility index (Phi) is 4.63. The van der Waals surface area contributed by atoms with Gasteiger partial charge >= 0.3 is 0 Å². The Labute approximate surface area is 225 Å². The molecule has 39 heavy (non-hydrogen) atoms. The zero-order valence-electron chi connectivity index (χ0n) is 20.2. The van der Waals surface area contributed by atoms with Gasteiger partial charge in [0, 0.05) is 33.8 Å². The van der Waals surface area contributed by atoms with Gasteiger partial charge in [-0.3, -0.25) is 9.59 Å². The maximum atomic E-state index is 13.6. The molecule has 2 aliphatic heterocycles. The first-order chi connectivity index (χ1) is 19.0. The van der Waals surface area contributed by atoms with Crippen LogP contribution in [-0.2, 0) is 4.79 Å². The van der Waals surface area contributed by atoms with E-state index in [1.54, 1.807) is 23.0 Å². The number of ether oxygens (including phenoxy) is 1. The minimum atomic E-state index is -0.174. The number of carbonyl (C=O) groups excluding carboxylic acids is 1. The molecule has 0 saturated heterocycles. The third-order valence-corrected chi connectivity index (χ3v) is 7.90. The number of H-pyrrole nitrogens is 1.